The number of hydrogen-bond donors (Lipinski definition) is 0. The Morgan fingerprint density at radius 1 is 0.319 bits per heavy atom. The van der Waals surface area contributed by atoms with Crippen molar-refractivity contribution in [1.82, 2.24) is 14.1 Å². The summed E-state index contributed by atoms with van der Waals surface area (Å²) in [6, 6.07) is 65.6. The molecule has 0 atom stereocenters. The van der Waals surface area contributed by atoms with Gasteiger partial charge >= 0.3 is 0 Å². The largest absolute Gasteiger partial charge is 0.308 e. The van der Waals surface area contributed by atoms with E-state index < -0.39 is 0 Å². The van der Waals surface area contributed by atoms with Crippen LogP contribution in [0.2, 0.25) is 0 Å². The average Bonchev–Trinajstić information content (AvgIpc) is 3.87. The average molecular weight is 927 g/mol. The summed E-state index contributed by atoms with van der Waals surface area (Å²) in [7, 11) is 0. The second-order valence-corrected chi connectivity index (χ2v) is 20.1. The van der Waals surface area contributed by atoms with E-state index >= 15 is 0 Å². The molecule has 0 bridgehead atoms. The van der Waals surface area contributed by atoms with Gasteiger partial charge in [-0.2, -0.15) is 5.26 Å². The number of fused-ring (bicyclic) bond motifs is 6. The Balaban J connectivity index is 1.23. The maximum atomic E-state index is 12.0. The molecule has 0 fully saturated rings. The maximum absolute atomic E-state index is 12.0. The van der Waals surface area contributed by atoms with Crippen molar-refractivity contribution in [3.63, 3.8) is 0 Å². The summed E-state index contributed by atoms with van der Waals surface area (Å²) in [5.41, 5.74) is 27.4. The van der Waals surface area contributed by atoms with Crippen LogP contribution in [0.15, 0.2) is 182 Å². The molecule has 0 saturated carbocycles. The lowest BCUT2D eigenvalue weighted by Crippen LogP contribution is -2.05. The van der Waals surface area contributed by atoms with Crippen LogP contribution in [0.1, 0.15) is 50.1 Å². The molecule has 0 radical (unpaired) electrons. The summed E-state index contributed by atoms with van der Waals surface area (Å²) < 4.78 is 4.74. The van der Waals surface area contributed by atoms with Gasteiger partial charge in [-0.3, -0.25) is 4.98 Å². The third-order valence-electron chi connectivity index (χ3n) is 15.0. The van der Waals surface area contributed by atoms with E-state index in [0.717, 1.165) is 88.4 Å². The molecule has 4 heteroatoms. The van der Waals surface area contributed by atoms with Crippen LogP contribution < -0.4 is 0 Å². The zero-order valence-electron chi connectivity index (χ0n) is 42.1. The number of benzene rings is 9. The van der Waals surface area contributed by atoms with E-state index in [9.17, 15) is 5.26 Å². The highest BCUT2D eigenvalue weighted by molar-refractivity contribution is 6.13. The van der Waals surface area contributed by atoms with E-state index in [2.05, 4.69) is 245 Å². The molecule has 4 nitrogen and oxygen atoms in total. The highest BCUT2D eigenvalue weighted by Gasteiger charge is 2.25. The van der Waals surface area contributed by atoms with Crippen LogP contribution in [-0.2, 0) is 0 Å². The number of rotatable bonds is 7. The normalized spacial score (nSPS) is 11.6. The van der Waals surface area contributed by atoms with Gasteiger partial charge in [-0.25, -0.2) is 0 Å². The lowest BCUT2D eigenvalue weighted by molar-refractivity contribution is 1.12. The summed E-state index contributed by atoms with van der Waals surface area (Å²) in [6.07, 6.45) is 3.71. The minimum atomic E-state index is 0.577. The van der Waals surface area contributed by atoms with Gasteiger partial charge in [0.15, 0.2) is 0 Å². The fraction of sp³-hybridized carbons (Fsp3) is 0.118. The van der Waals surface area contributed by atoms with Gasteiger partial charge in [0.2, 0.25) is 0 Å². The fourth-order valence-electron chi connectivity index (χ4n) is 11.6. The zero-order valence-corrected chi connectivity index (χ0v) is 42.1. The Labute approximate surface area is 421 Å². The van der Waals surface area contributed by atoms with E-state index in [0.29, 0.717) is 5.56 Å². The van der Waals surface area contributed by atoms with E-state index in [1.165, 1.54) is 66.8 Å². The molecule has 0 N–H and O–H groups in total. The van der Waals surface area contributed by atoms with Crippen molar-refractivity contribution in [2.45, 2.75) is 55.4 Å². The molecule has 0 aliphatic carbocycles. The van der Waals surface area contributed by atoms with Crippen molar-refractivity contribution in [2.24, 2.45) is 0 Å². The third-order valence-corrected chi connectivity index (χ3v) is 15.0. The Bertz CT molecular complexity index is 3790. The number of pyridine rings is 1. The molecule has 12 aromatic rings. The van der Waals surface area contributed by atoms with Crippen molar-refractivity contribution >= 4 is 43.6 Å². The molecule has 0 unspecified atom stereocenters. The van der Waals surface area contributed by atoms with E-state index in [1.807, 2.05) is 12.4 Å². The minimum Gasteiger partial charge on any atom is -0.308 e. The highest BCUT2D eigenvalue weighted by Crippen LogP contribution is 2.44. The second kappa shape index (κ2) is 17.3. The molecule has 0 aliphatic rings. The van der Waals surface area contributed by atoms with Gasteiger partial charge in [0.05, 0.1) is 33.4 Å². The van der Waals surface area contributed by atoms with Gasteiger partial charge in [-0.15, -0.1) is 0 Å². The number of hydrogen-bond acceptors (Lipinski definition) is 2. The number of aromatic nitrogens is 3. The van der Waals surface area contributed by atoms with Gasteiger partial charge < -0.3 is 9.13 Å². The van der Waals surface area contributed by atoms with Gasteiger partial charge in [-0.1, -0.05) is 144 Å². The van der Waals surface area contributed by atoms with Crippen LogP contribution in [0.5, 0.6) is 0 Å². The van der Waals surface area contributed by atoms with Gasteiger partial charge in [0.25, 0.3) is 0 Å². The molecular weight excluding hydrogens is 873 g/mol. The third kappa shape index (κ3) is 7.40. The van der Waals surface area contributed by atoms with Crippen LogP contribution >= 0.6 is 0 Å². The molecule has 0 aliphatic heterocycles. The first kappa shape index (κ1) is 44.4. The van der Waals surface area contributed by atoms with Crippen molar-refractivity contribution in [2.75, 3.05) is 0 Å². The first-order chi connectivity index (χ1) is 34.9. The molecule has 9 aromatic carbocycles. The predicted octanol–water partition coefficient (Wildman–Crippen LogP) is 17.9. The quantitative estimate of drug-likeness (QED) is 0.160. The fourth-order valence-corrected chi connectivity index (χ4v) is 11.6. The van der Waals surface area contributed by atoms with E-state index in [4.69, 9.17) is 0 Å². The molecule has 0 saturated heterocycles. The maximum Gasteiger partial charge on any atom is 0.104 e. The van der Waals surface area contributed by atoms with Crippen molar-refractivity contribution in [3.05, 3.63) is 232 Å². The summed E-state index contributed by atoms with van der Waals surface area (Å²) in [5, 5.41) is 16.5. The minimum absolute atomic E-state index is 0.577. The molecule has 3 heterocycles. The van der Waals surface area contributed by atoms with Crippen LogP contribution in [0.4, 0.5) is 0 Å². The van der Waals surface area contributed by atoms with Crippen molar-refractivity contribution in [1.29, 1.82) is 5.26 Å². The highest BCUT2D eigenvalue weighted by atomic mass is 15.0. The molecule has 0 amide bonds. The van der Waals surface area contributed by atoms with Crippen LogP contribution in [0.25, 0.3) is 111 Å². The number of nitriles is 1. The van der Waals surface area contributed by atoms with Crippen LogP contribution in [0, 0.1) is 66.7 Å². The first-order valence-corrected chi connectivity index (χ1v) is 24.9. The van der Waals surface area contributed by atoms with Crippen molar-refractivity contribution < 1.29 is 0 Å². The molecule has 346 valence electrons. The van der Waals surface area contributed by atoms with E-state index in [-0.39, 0.29) is 0 Å². The summed E-state index contributed by atoms with van der Waals surface area (Å²) in [6.45, 7) is 17.4. The topological polar surface area (TPSA) is 46.5 Å². The van der Waals surface area contributed by atoms with Gasteiger partial charge in [0, 0.05) is 33.9 Å². The molecule has 3 aromatic heterocycles. The Morgan fingerprint density at radius 3 is 0.903 bits per heavy atom. The first-order valence-electron chi connectivity index (χ1n) is 24.9. The van der Waals surface area contributed by atoms with Gasteiger partial charge in [0.1, 0.15) is 11.6 Å². The van der Waals surface area contributed by atoms with Crippen LogP contribution in [-0.4, -0.2) is 14.1 Å². The Morgan fingerprint density at radius 2 is 0.625 bits per heavy atom. The number of aryl methyl sites for hydroxylation is 8. The molecule has 0 spiro atoms. The SMILES string of the molecule is Cc1ccc(-c2ccc3c4ccc(-c5ccc(C)cc5C)cc4n(-c4cc(-c5ccncc5)cc(-n5c6cc(-c7ccc(C)cc7C)ccc6c6ccc(-c7ccc(C)cc7C)cc65)c4C#N)c3c2)c(C)c1. The lowest BCUT2D eigenvalue weighted by Gasteiger charge is -2.19. The standard InChI is InChI=1S/C68H54N4/c1-40-9-17-54(44(5)29-40)49-13-21-58-59-22-14-50(55-18-10-41(2)30-45(55)6)34-64(59)71(63(58)33-49)67-37-53(48-25-27-70-28-26-48)38-68(62(67)39-69)72-65-35-51(56-19-11-42(3)31-46(56)7)15-23-60(65)61-24-16-52(36-66(61)72)57-20-12-43(4)32-47(57)8/h9-38H,1-8H3. The monoisotopic (exact) mass is 926 g/mol. The summed E-state index contributed by atoms with van der Waals surface area (Å²) in [5.74, 6) is 0. The van der Waals surface area contributed by atoms with Crippen molar-refractivity contribution in [3.8, 4) is 73.1 Å². The number of nitrogens with zero attached hydrogens (tertiary/aromatic N) is 4. The Hall–Kier alpha value is -8.78. The molecule has 72 heavy (non-hydrogen) atoms. The smallest absolute Gasteiger partial charge is 0.104 e. The molecule has 12 rings (SSSR count). The summed E-state index contributed by atoms with van der Waals surface area (Å²) in [4.78, 5) is 4.45. The summed E-state index contributed by atoms with van der Waals surface area (Å²) >= 11 is 0. The second-order valence-electron chi connectivity index (χ2n) is 20.1. The van der Waals surface area contributed by atoms with Gasteiger partial charge in [-0.05, 0) is 182 Å². The van der Waals surface area contributed by atoms with E-state index in [1.54, 1.807) is 0 Å². The Kier molecular flexibility index (Phi) is 10.7. The molecular formula is C68H54N4. The zero-order chi connectivity index (χ0) is 49.5. The predicted molar refractivity (Wildman–Crippen MR) is 303 cm³/mol. The lowest BCUT2D eigenvalue weighted by atomic mass is 9.96. The van der Waals surface area contributed by atoms with Crippen LogP contribution in [0.3, 0.4) is 0 Å².